The number of hydrogen-bond donors (Lipinski definition) is 1. The Balaban J connectivity index is 2.25. The first-order chi connectivity index (χ1) is 8.45. The molecule has 0 spiro atoms. The van der Waals surface area contributed by atoms with Crippen molar-refractivity contribution in [3.63, 3.8) is 0 Å². The summed E-state index contributed by atoms with van der Waals surface area (Å²) in [5.74, 6) is 0. The van der Waals surface area contributed by atoms with E-state index in [0.29, 0.717) is 5.69 Å². The summed E-state index contributed by atoms with van der Waals surface area (Å²) in [6, 6.07) is 6.95. The van der Waals surface area contributed by atoms with Crippen LogP contribution in [0, 0.1) is 0 Å². The molecule has 18 heavy (non-hydrogen) atoms. The van der Waals surface area contributed by atoms with Crippen LogP contribution < -0.4 is 4.72 Å². The van der Waals surface area contributed by atoms with E-state index in [1.807, 2.05) is 0 Å². The fourth-order valence-corrected chi connectivity index (χ4v) is 2.69. The molecule has 0 heterocycles. The maximum atomic E-state index is 11.1. The summed E-state index contributed by atoms with van der Waals surface area (Å²) in [5, 5.41) is 0. The Bertz CT molecular complexity index is 582. The van der Waals surface area contributed by atoms with Gasteiger partial charge in [0.15, 0.2) is 0 Å². The fourth-order valence-electron chi connectivity index (χ4n) is 2.13. The van der Waals surface area contributed by atoms with Crippen molar-refractivity contribution in [3.8, 4) is 0 Å². The number of rotatable bonds is 4. The highest BCUT2D eigenvalue weighted by Gasteiger charge is 2.38. The topological polar surface area (TPSA) is 75.6 Å². The number of aliphatic imine (C=N–C) groups is 1. The standard InChI is InChI=1S/C12H14N2O3S/c1-18(16,17)14-11-5-3-10(4-6-11)12(13-9-15)7-2-8-12/h3-6,14H,2,7-8H2,1H3. The lowest BCUT2D eigenvalue weighted by atomic mass is 9.72. The number of nitrogens with zero attached hydrogens (tertiary/aromatic N) is 1. The van der Waals surface area contributed by atoms with Crippen molar-refractivity contribution in [1.82, 2.24) is 0 Å². The first-order valence-corrected chi connectivity index (χ1v) is 7.52. The molecule has 2 rings (SSSR count). The van der Waals surface area contributed by atoms with Crippen LogP contribution in [0.5, 0.6) is 0 Å². The normalized spacial score (nSPS) is 17.4. The minimum Gasteiger partial charge on any atom is -0.284 e. The average molecular weight is 266 g/mol. The second kappa shape index (κ2) is 4.55. The molecule has 0 bridgehead atoms. The molecular formula is C12H14N2O3S. The summed E-state index contributed by atoms with van der Waals surface area (Å²) in [4.78, 5) is 14.3. The van der Waals surface area contributed by atoms with Gasteiger partial charge in [0.05, 0.1) is 11.8 Å². The molecule has 0 unspecified atom stereocenters. The number of hydrogen-bond acceptors (Lipinski definition) is 4. The van der Waals surface area contributed by atoms with Gasteiger partial charge in [-0.1, -0.05) is 12.1 Å². The number of carbonyl (C=O) groups excluding carboxylic acids is 1. The van der Waals surface area contributed by atoms with E-state index >= 15 is 0 Å². The molecule has 1 aromatic carbocycles. The molecule has 1 fully saturated rings. The van der Waals surface area contributed by atoms with Crippen LogP contribution in [0.4, 0.5) is 5.69 Å². The Morgan fingerprint density at radius 1 is 1.28 bits per heavy atom. The number of nitrogens with one attached hydrogen (secondary N) is 1. The van der Waals surface area contributed by atoms with Gasteiger partial charge in [-0.15, -0.1) is 0 Å². The number of benzene rings is 1. The second-order valence-electron chi connectivity index (χ2n) is 4.54. The molecule has 5 nitrogen and oxygen atoms in total. The van der Waals surface area contributed by atoms with Gasteiger partial charge in [0, 0.05) is 5.69 Å². The molecule has 96 valence electrons. The average Bonchev–Trinajstić information content (AvgIpc) is 2.23. The Hall–Kier alpha value is -1.65. The molecule has 1 saturated carbocycles. The van der Waals surface area contributed by atoms with Crippen molar-refractivity contribution in [2.45, 2.75) is 24.8 Å². The van der Waals surface area contributed by atoms with Crippen molar-refractivity contribution < 1.29 is 13.2 Å². The first kappa shape index (κ1) is 12.8. The van der Waals surface area contributed by atoms with Crippen LogP contribution in [-0.4, -0.2) is 20.8 Å². The Kier molecular flexibility index (Phi) is 3.24. The van der Waals surface area contributed by atoms with E-state index in [0.717, 1.165) is 31.1 Å². The van der Waals surface area contributed by atoms with E-state index < -0.39 is 15.6 Å². The first-order valence-electron chi connectivity index (χ1n) is 5.63. The van der Waals surface area contributed by atoms with Gasteiger partial charge in [0.1, 0.15) is 0 Å². The second-order valence-corrected chi connectivity index (χ2v) is 6.29. The zero-order chi connectivity index (χ0) is 13.2. The van der Waals surface area contributed by atoms with Crippen LogP contribution in [0.3, 0.4) is 0 Å². The number of anilines is 1. The summed E-state index contributed by atoms with van der Waals surface area (Å²) >= 11 is 0. The Morgan fingerprint density at radius 2 is 1.89 bits per heavy atom. The molecule has 0 aromatic heterocycles. The lowest BCUT2D eigenvalue weighted by Crippen LogP contribution is -2.31. The van der Waals surface area contributed by atoms with Gasteiger partial charge in [-0.3, -0.25) is 4.72 Å². The molecule has 0 atom stereocenters. The predicted octanol–water partition coefficient (Wildman–Crippen LogP) is 1.77. The van der Waals surface area contributed by atoms with E-state index in [2.05, 4.69) is 9.71 Å². The molecule has 0 amide bonds. The van der Waals surface area contributed by atoms with Crippen molar-refractivity contribution in [1.29, 1.82) is 0 Å². The zero-order valence-corrected chi connectivity index (χ0v) is 10.8. The smallest absolute Gasteiger partial charge is 0.235 e. The third kappa shape index (κ3) is 2.60. The molecule has 1 aliphatic carbocycles. The van der Waals surface area contributed by atoms with Crippen molar-refractivity contribution in [2.24, 2.45) is 4.99 Å². The highest BCUT2D eigenvalue weighted by molar-refractivity contribution is 7.92. The summed E-state index contributed by atoms with van der Waals surface area (Å²) in [7, 11) is -3.26. The van der Waals surface area contributed by atoms with E-state index in [9.17, 15) is 13.2 Å². The molecule has 0 saturated heterocycles. The molecule has 1 aliphatic rings. The molecule has 0 radical (unpaired) electrons. The molecule has 0 aliphatic heterocycles. The third-order valence-electron chi connectivity index (χ3n) is 3.17. The SMILES string of the molecule is CS(=O)(=O)Nc1ccc(C2(N=C=O)CCC2)cc1. The van der Waals surface area contributed by atoms with Crippen LogP contribution in [0.2, 0.25) is 0 Å². The van der Waals surface area contributed by atoms with Crippen LogP contribution in [0.15, 0.2) is 29.3 Å². The van der Waals surface area contributed by atoms with Crippen molar-refractivity contribution >= 4 is 21.8 Å². The van der Waals surface area contributed by atoms with Crippen LogP contribution in [-0.2, 0) is 20.4 Å². The monoisotopic (exact) mass is 266 g/mol. The molecular weight excluding hydrogens is 252 g/mol. The van der Waals surface area contributed by atoms with Gasteiger partial charge >= 0.3 is 0 Å². The maximum Gasteiger partial charge on any atom is 0.235 e. The fraction of sp³-hybridized carbons (Fsp3) is 0.417. The van der Waals surface area contributed by atoms with Gasteiger partial charge in [-0.25, -0.2) is 13.2 Å². The quantitative estimate of drug-likeness (QED) is 0.666. The zero-order valence-electron chi connectivity index (χ0n) is 10.0. The maximum absolute atomic E-state index is 11.1. The van der Waals surface area contributed by atoms with Crippen LogP contribution in [0.25, 0.3) is 0 Å². The van der Waals surface area contributed by atoms with Crippen molar-refractivity contribution in [2.75, 3.05) is 11.0 Å². The summed E-state index contributed by atoms with van der Waals surface area (Å²) in [6.45, 7) is 0. The lowest BCUT2D eigenvalue weighted by Gasteiger charge is -2.37. The third-order valence-corrected chi connectivity index (χ3v) is 3.77. The van der Waals surface area contributed by atoms with Gasteiger partial charge in [0.2, 0.25) is 16.1 Å². The minimum absolute atomic E-state index is 0.439. The van der Waals surface area contributed by atoms with Crippen LogP contribution in [0.1, 0.15) is 24.8 Å². The van der Waals surface area contributed by atoms with Crippen LogP contribution >= 0.6 is 0 Å². The van der Waals surface area contributed by atoms with Gasteiger partial charge in [-0.05, 0) is 37.0 Å². The van der Waals surface area contributed by atoms with E-state index in [-0.39, 0.29) is 0 Å². The van der Waals surface area contributed by atoms with E-state index in [1.165, 1.54) is 0 Å². The van der Waals surface area contributed by atoms with Gasteiger partial charge in [-0.2, -0.15) is 4.99 Å². The molecule has 1 aromatic rings. The van der Waals surface area contributed by atoms with Gasteiger partial charge < -0.3 is 0 Å². The Labute approximate surface area is 106 Å². The summed E-state index contributed by atoms with van der Waals surface area (Å²) in [6.07, 6.45) is 5.43. The summed E-state index contributed by atoms with van der Waals surface area (Å²) < 4.78 is 24.5. The lowest BCUT2D eigenvalue weighted by molar-refractivity contribution is 0.256. The highest BCUT2D eigenvalue weighted by atomic mass is 32.2. The number of isocyanates is 1. The predicted molar refractivity (Wildman–Crippen MR) is 68.6 cm³/mol. The van der Waals surface area contributed by atoms with Crippen molar-refractivity contribution in [3.05, 3.63) is 29.8 Å². The molecule has 1 N–H and O–H groups in total. The van der Waals surface area contributed by atoms with Gasteiger partial charge in [0.25, 0.3) is 0 Å². The van der Waals surface area contributed by atoms with E-state index in [4.69, 9.17) is 0 Å². The Morgan fingerprint density at radius 3 is 2.28 bits per heavy atom. The highest BCUT2D eigenvalue weighted by Crippen LogP contribution is 2.44. The largest absolute Gasteiger partial charge is 0.284 e. The number of sulfonamides is 1. The van der Waals surface area contributed by atoms with E-state index in [1.54, 1.807) is 30.3 Å². The summed E-state index contributed by atoms with van der Waals surface area (Å²) in [5.41, 5.74) is 0.993. The minimum atomic E-state index is -3.26. The molecule has 6 heteroatoms.